The van der Waals surface area contributed by atoms with Crippen molar-refractivity contribution < 1.29 is 12.8 Å². The molecule has 0 aliphatic rings. The van der Waals surface area contributed by atoms with Crippen LogP contribution in [-0.2, 0) is 22.1 Å². The van der Waals surface area contributed by atoms with Gasteiger partial charge in [-0.15, -0.1) is 0 Å². The van der Waals surface area contributed by atoms with Crippen LogP contribution in [0.3, 0.4) is 0 Å². The van der Waals surface area contributed by atoms with Crippen LogP contribution in [0.4, 0.5) is 4.39 Å². The van der Waals surface area contributed by atoms with Crippen molar-refractivity contribution in [2.24, 2.45) is 4.99 Å². The molecule has 0 aliphatic carbocycles. The van der Waals surface area contributed by atoms with E-state index in [-0.39, 0.29) is 18.1 Å². The lowest BCUT2D eigenvalue weighted by Crippen LogP contribution is -2.39. The smallest absolute Gasteiger partial charge is 0.191 e. The molecule has 5 nitrogen and oxygen atoms in total. The Balaban J connectivity index is 1.90. The number of nitrogens with zero attached hydrogens (tertiary/aromatic N) is 1. The van der Waals surface area contributed by atoms with Gasteiger partial charge in [0.2, 0.25) is 0 Å². The monoisotopic (exact) mass is 409 g/mol. The van der Waals surface area contributed by atoms with E-state index in [1.807, 2.05) is 6.26 Å². The van der Waals surface area contributed by atoms with Crippen molar-refractivity contribution in [2.75, 3.05) is 25.6 Å². The third-order valence-corrected chi connectivity index (χ3v) is 6.24. The third kappa shape index (κ3) is 6.55. The first kappa shape index (κ1) is 21.2. The minimum absolute atomic E-state index is 0.0357. The lowest BCUT2D eigenvalue weighted by atomic mass is 10.1. The summed E-state index contributed by atoms with van der Waals surface area (Å²) in [4.78, 5) is 4.42. The van der Waals surface area contributed by atoms with Crippen LogP contribution in [0.2, 0.25) is 0 Å². The van der Waals surface area contributed by atoms with Gasteiger partial charge >= 0.3 is 0 Å². The van der Waals surface area contributed by atoms with E-state index in [1.54, 1.807) is 55.2 Å². The number of halogens is 1. The van der Waals surface area contributed by atoms with Gasteiger partial charge in [-0.2, -0.15) is 11.8 Å². The highest BCUT2D eigenvalue weighted by Gasteiger charge is 2.13. The fraction of sp³-hybridized carbons (Fsp3) is 0.316. The first-order chi connectivity index (χ1) is 13.0. The van der Waals surface area contributed by atoms with E-state index < -0.39 is 9.84 Å². The summed E-state index contributed by atoms with van der Waals surface area (Å²) in [6, 6.07) is 13.1. The molecule has 8 heteroatoms. The number of aliphatic imine (C=N–C) groups is 1. The number of hydrogen-bond acceptors (Lipinski definition) is 4. The van der Waals surface area contributed by atoms with Gasteiger partial charge in [-0.1, -0.05) is 24.3 Å². The van der Waals surface area contributed by atoms with Gasteiger partial charge in [0, 0.05) is 25.9 Å². The van der Waals surface area contributed by atoms with E-state index in [4.69, 9.17) is 0 Å². The van der Waals surface area contributed by atoms with E-state index >= 15 is 0 Å². The molecule has 0 bridgehead atoms. The normalized spacial score (nSPS) is 12.0. The quantitative estimate of drug-likeness (QED) is 0.518. The van der Waals surface area contributed by atoms with E-state index in [0.717, 1.165) is 16.9 Å². The summed E-state index contributed by atoms with van der Waals surface area (Å²) in [5.74, 6) is 0.927. The standard InChI is InChI=1S/C19H24FN3O2S2/c1-21-19(22-10-11-27(24,25)18-6-4-3-5-7-18)23-13-15-8-9-17(20)12-16(15)14-26-2/h3-9,12H,10-11,13-14H2,1-2H3,(H2,21,22,23). The Kier molecular flexibility index (Phi) is 8.12. The molecule has 0 aliphatic heterocycles. The number of benzene rings is 2. The summed E-state index contributed by atoms with van der Waals surface area (Å²) >= 11 is 1.63. The van der Waals surface area contributed by atoms with Crippen LogP contribution in [0.5, 0.6) is 0 Å². The molecule has 0 amide bonds. The van der Waals surface area contributed by atoms with Crippen LogP contribution >= 0.6 is 11.8 Å². The second-order valence-corrected chi connectivity index (χ2v) is 8.81. The predicted molar refractivity (Wildman–Crippen MR) is 110 cm³/mol. The lowest BCUT2D eigenvalue weighted by Gasteiger charge is -2.14. The average molecular weight is 410 g/mol. The minimum Gasteiger partial charge on any atom is -0.355 e. The van der Waals surface area contributed by atoms with Crippen LogP contribution in [-0.4, -0.2) is 40.0 Å². The van der Waals surface area contributed by atoms with Crippen molar-refractivity contribution in [3.05, 3.63) is 65.5 Å². The molecule has 0 atom stereocenters. The number of nitrogens with one attached hydrogen (secondary N) is 2. The molecular formula is C19H24FN3O2S2. The van der Waals surface area contributed by atoms with E-state index in [1.165, 1.54) is 12.1 Å². The lowest BCUT2D eigenvalue weighted by molar-refractivity contribution is 0.594. The molecular weight excluding hydrogens is 385 g/mol. The minimum atomic E-state index is -3.34. The molecule has 0 unspecified atom stereocenters. The van der Waals surface area contributed by atoms with E-state index in [9.17, 15) is 12.8 Å². The SMILES string of the molecule is CN=C(NCCS(=O)(=O)c1ccccc1)NCc1ccc(F)cc1CSC. The van der Waals surface area contributed by atoms with Crippen molar-refractivity contribution >= 4 is 27.6 Å². The molecule has 0 fully saturated rings. The van der Waals surface area contributed by atoms with Crippen molar-refractivity contribution in [3.63, 3.8) is 0 Å². The fourth-order valence-electron chi connectivity index (χ4n) is 2.51. The summed E-state index contributed by atoms with van der Waals surface area (Å²) in [5, 5.41) is 6.15. The highest BCUT2D eigenvalue weighted by Crippen LogP contribution is 2.16. The number of sulfone groups is 1. The number of hydrogen-bond donors (Lipinski definition) is 2. The third-order valence-electron chi connectivity index (χ3n) is 3.90. The fourth-order valence-corrected chi connectivity index (χ4v) is 4.26. The maximum Gasteiger partial charge on any atom is 0.191 e. The topological polar surface area (TPSA) is 70.6 Å². The van der Waals surface area contributed by atoms with E-state index in [2.05, 4.69) is 15.6 Å². The molecule has 2 aromatic carbocycles. The maximum atomic E-state index is 13.4. The Morgan fingerprint density at radius 3 is 2.52 bits per heavy atom. The van der Waals surface area contributed by atoms with Crippen LogP contribution < -0.4 is 10.6 Å². The Bertz CT molecular complexity index is 872. The van der Waals surface area contributed by atoms with Crippen LogP contribution in [0.25, 0.3) is 0 Å². The van der Waals surface area contributed by atoms with Crippen molar-refractivity contribution in [1.82, 2.24) is 10.6 Å². The molecule has 2 rings (SSSR count). The van der Waals surface area contributed by atoms with Gasteiger partial charge in [-0.3, -0.25) is 4.99 Å². The van der Waals surface area contributed by atoms with Crippen LogP contribution in [0.15, 0.2) is 58.4 Å². The summed E-state index contributed by atoms with van der Waals surface area (Å²) in [5.41, 5.74) is 1.91. The molecule has 0 saturated carbocycles. The Morgan fingerprint density at radius 2 is 1.85 bits per heavy atom. The average Bonchev–Trinajstić information content (AvgIpc) is 2.66. The van der Waals surface area contributed by atoms with Crippen molar-refractivity contribution in [2.45, 2.75) is 17.2 Å². The van der Waals surface area contributed by atoms with Gasteiger partial charge in [-0.25, -0.2) is 12.8 Å². The van der Waals surface area contributed by atoms with Crippen molar-refractivity contribution in [1.29, 1.82) is 0 Å². The van der Waals surface area contributed by atoms with E-state index in [0.29, 0.717) is 17.4 Å². The molecule has 0 radical (unpaired) electrons. The largest absolute Gasteiger partial charge is 0.355 e. The molecule has 27 heavy (non-hydrogen) atoms. The summed E-state index contributed by atoms with van der Waals surface area (Å²) < 4.78 is 38.0. The van der Waals surface area contributed by atoms with Crippen LogP contribution in [0.1, 0.15) is 11.1 Å². The molecule has 0 aromatic heterocycles. The predicted octanol–water partition coefficient (Wildman–Crippen LogP) is 2.83. The molecule has 146 valence electrons. The maximum absolute atomic E-state index is 13.4. The number of guanidine groups is 1. The first-order valence-electron chi connectivity index (χ1n) is 8.45. The number of rotatable bonds is 8. The number of thioether (sulfide) groups is 1. The summed E-state index contributed by atoms with van der Waals surface area (Å²) in [6.07, 6.45) is 1.97. The van der Waals surface area contributed by atoms with Gasteiger partial charge in [0.05, 0.1) is 10.6 Å². The Hall–Kier alpha value is -2.06. The highest BCUT2D eigenvalue weighted by molar-refractivity contribution is 7.97. The Morgan fingerprint density at radius 1 is 1.11 bits per heavy atom. The van der Waals surface area contributed by atoms with Gasteiger partial charge < -0.3 is 10.6 Å². The van der Waals surface area contributed by atoms with Gasteiger partial charge in [0.15, 0.2) is 15.8 Å². The second kappa shape index (κ2) is 10.3. The van der Waals surface area contributed by atoms with Gasteiger partial charge in [0.1, 0.15) is 5.82 Å². The molecule has 0 spiro atoms. The van der Waals surface area contributed by atoms with Crippen LogP contribution in [0, 0.1) is 5.82 Å². The second-order valence-electron chi connectivity index (χ2n) is 5.83. The highest BCUT2D eigenvalue weighted by atomic mass is 32.2. The zero-order chi connectivity index (χ0) is 19.7. The zero-order valence-electron chi connectivity index (χ0n) is 15.4. The van der Waals surface area contributed by atoms with Crippen molar-refractivity contribution in [3.8, 4) is 0 Å². The van der Waals surface area contributed by atoms with Gasteiger partial charge in [0.25, 0.3) is 0 Å². The van der Waals surface area contributed by atoms with Gasteiger partial charge in [-0.05, 0) is 41.6 Å². The summed E-state index contributed by atoms with van der Waals surface area (Å²) in [6.45, 7) is 0.708. The Labute approximate surface area is 164 Å². The molecule has 2 N–H and O–H groups in total. The zero-order valence-corrected chi connectivity index (χ0v) is 17.0. The molecule has 0 heterocycles. The first-order valence-corrected chi connectivity index (χ1v) is 11.5. The molecule has 0 saturated heterocycles. The molecule has 2 aromatic rings. The summed E-state index contributed by atoms with van der Waals surface area (Å²) in [7, 11) is -1.72.